The highest BCUT2D eigenvalue weighted by atomic mass is 16.1. The maximum atomic E-state index is 11.3. The van der Waals surface area contributed by atoms with Crippen molar-refractivity contribution in [2.24, 2.45) is 12.5 Å². The van der Waals surface area contributed by atoms with Gasteiger partial charge in [0.05, 0.1) is 6.20 Å². The van der Waals surface area contributed by atoms with Crippen LogP contribution < -0.4 is 0 Å². The Hall–Kier alpha value is -1.12. The molecule has 1 fully saturated rings. The zero-order valence-corrected chi connectivity index (χ0v) is 8.24. The molecule has 1 aliphatic carbocycles. The van der Waals surface area contributed by atoms with Crippen LogP contribution in [0.5, 0.6) is 0 Å². The van der Waals surface area contributed by atoms with Gasteiger partial charge in [0, 0.05) is 31.0 Å². The summed E-state index contributed by atoms with van der Waals surface area (Å²) in [4.78, 5) is 11.3. The average Bonchev–Trinajstić information content (AvgIpc) is 2.47. The highest BCUT2D eigenvalue weighted by molar-refractivity contribution is 5.92. The molecule has 13 heavy (non-hydrogen) atoms. The summed E-state index contributed by atoms with van der Waals surface area (Å²) in [5.41, 5.74) is 1.01. The summed E-state index contributed by atoms with van der Waals surface area (Å²) in [6.07, 6.45) is 4.54. The first-order valence-electron chi connectivity index (χ1n) is 4.53. The smallest absolute Gasteiger partial charge is 0.139 e. The topological polar surface area (TPSA) is 34.9 Å². The van der Waals surface area contributed by atoms with Gasteiger partial charge in [-0.1, -0.05) is 13.8 Å². The third kappa shape index (κ3) is 1.10. The largest absolute Gasteiger partial charge is 0.299 e. The Morgan fingerprint density at radius 2 is 2.31 bits per heavy atom. The second kappa shape index (κ2) is 2.44. The molecule has 0 bridgehead atoms. The van der Waals surface area contributed by atoms with Crippen molar-refractivity contribution in [2.45, 2.75) is 26.2 Å². The summed E-state index contributed by atoms with van der Waals surface area (Å²) in [5, 5.41) is 4.12. The number of carbonyl (C=O) groups excluding carboxylic acids is 1. The standard InChI is InChI=1S/C10H14N2O/c1-10(2)8(4-9(10)13)7-5-11-12(3)6-7/h5-6,8H,4H2,1-3H3/t8-/m1/s1. The molecule has 0 saturated heterocycles. The van der Waals surface area contributed by atoms with E-state index in [-0.39, 0.29) is 5.41 Å². The second-order valence-electron chi connectivity index (χ2n) is 4.35. The molecule has 0 radical (unpaired) electrons. The van der Waals surface area contributed by atoms with E-state index >= 15 is 0 Å². The van der Waals surface area contributed by atoms with Crippen molar-refractivity contribution >= 4 is 5.78 Å². The lowest BCUT2D eigenvalue weighted by Crippen LogP contribution is -2.43. The summed E-state index contributed by atoms with van der Waals surface area (Å²) < 4.78 is 1.79. The quantitative estimate of drug-likeness (QED) is 0.653. The van der Waals surface area contributed by atoms with E-state index in [1.54, 1.807) is 4.68 Å². The molecule has 0 amide bonds. The van der Waals surface area contributed by atoms with E-state index in [4.69, 9.17) is 0 Å². The zero-order valence-electron chi connectivity index (χ0n) is 8.24. The van der Waals surface area contributed by atoms with Gasteiger partial charge in [0.15, 0.2) is 0 Å². The molecule has 1 atom stereocenters. The van der Waals surface area contributed by atoms with E-state index in [1.165, 1.54) is 5.56 Å². The maximum Gasteiger partial charge on any atom is 0.139 e. The number of hydrogen-bond acceptors (Lipinski definition) is 2. The first-order valence-corrected chi connectivity index (χ1v) is 4.53. The lowest BCUT2D eigenvalue weighted by atomic mass is 9.59. The highest BCUT2D eigenvalue weighted by Crippen LogP contribution is 2.49. The molecule has 1 saturated carbocycles. The predicted octanol–water partition coefficient (Wildman–Crippen LogP) is 1.50. The fraction of sp³-hybridized carbons (Fsp3) is 0.600. The molecule has 0 aromatic carbocycles. The van der Waals surface area contributed by atoms with Crippen LogP contribution in [0.3, 0.4) is 0 Å². The first-order chi connectivity index (χ1) is 6.01. The molecule has 2 rings (SSSR count). The maximum absolute atomic E-state index is 11.3. The SMILES string of the molecule is Cn1cc([C@H]2CC(=O)C2(C)C)cn1. The van der Waals surface area contributed by atoms with Gasteiger partial charge in [0.25, 0.3) is 0 Å². The minimum absolute atomic E-state index is 0.178. The van der Waals surface area contributed by atoms with Gasteiger partial charge in [0.1, 0.15) is 5.78 Å². The van der Waals surface area contributed by atoms with E-state index in [0.717, 1.165) is 0 Å². The molecular formula is C10H14N2O. The number of ketones is 1. The van der Waals surface area contributed by atoms with Gasteiger partial charge in [-0.2, -0.15) is 5.10 Å². The van der Waals surface area contributed by atoms with E-state index in [1.807, 2.05) is 33.3 Å². The number of aromatic nitrogens is 2. The Labute approximate surface area is 77.7 Å². The zero-order chi connectivity index (χ0) is 9.64. The van der Waals surface area contributed by atoms with Crippen LogP contribution in [0.2, 0.25) is 0 Å². The highest BCUT2D eigenvalue weighted by Gasteiger charge is 2.48. The van der Waals surface area contributed by atoms with Crippen LogP contribution in [-0.4, -0.2) is 15.6 Å². The minimum atomic E-state index is -0.178. The van der Waals surface area contributed by atoms with Crippen molar-refractivity contribution in [2.75, 3.05) is 0 Å². The lowest BCUT2D eigenvalue weighted by molar-refractivity contribution is -0.137. The van der Waals surface area contributed by atoms with Gasteiger partial charge in [-0.15, -0.1) is 0 Å². The minimum Gasteiger partial charge on any atom is -0.299 e. The van der Waals surface area contributed by atoms with Crippen LogP contribution in [0.15, 0.2) is 12.4 Å². The summed E-state index contributed by atoms with van der Waals surface area (Å²) in [6.45, 7) is 4.02. The van der Waals surface area contributed by atoms with Crippen molar-refractivity contribution in [3.05, 3.63) is 18.0 Å². The molecule has 0 unspecified atom stereocenters. The monoisotopic (exact) mass is 178 g/mol. The van der Waals surface area contributed by atoms with Crippen molar-refractivity contribution in [3.63, 3.8) is 0 Å². The number of nitrogens with zero attached hydrogens (tertiary/aromatic N) is 2. The van der Waals surface area contributed by atoms with Crippen LogP contribution in [0, 0.1) is 5.41 Å². The number of carbonyl (C=O) groups is 1. The second-order valence-corrected chi connectivity index (χ2v) is 4.35. The molecule has 1 aromatic rings. The van der Waals surface area contributed by atoms with E-state index in [0.29, 0.717) is 18.1 Å². The van der Waals surface area contributed by atoms with Crippen molar-refractivity contribution in [1.29, 1.82) is 0 Å². The lowest BCUT2D eigenvalue weighted by Gasteiger charge is -2.42. The molecule has 3 heteroatoms. The number of rotatable bonds is 1. The van der Waals surface area contributed by atoms with E-state index < -0.39 is 0 Å². The molecule has 1 aliphatic rings. The van der Waals surface area contributed by atoms with Gasteiger partial charge in [-0.25, -0.2) is 0 Å². The summed E-state index contributed by atoms with van der Waals surface area (Å²) >= 11 is 0. The van der Waals surface area contributed by atoms with Gasteiger partial charge in [0.2, 0.25) is 0 Å². The third-order valence-corrected chi connectivity index (χ3v) is 3.11. The van der Waals surface area contributed by atoms with Gasteiger partial charge < -0.3 is 0 Å². The van der Waals surface area contributed by atoms with Crippen LogP contribution in [0.4, 0.5) is 0 Å². The number of aryl methyl sites for hydroxylation is 1. The van der Waals surface area contributed by atoms with Crippen molar-refractivity contribution in [1.82, 2.24) is 9.78 Å². The predicted molar refractivity (Wildman–Crippen MR) is 49.4 cm³/mol. The van der Waals surface area contributed by atoms with Gasteiger partial charge in [-0.3, -0.25) is 9.48 Å². The Morgan fingerprint density at radius 1 is 1.62 bits per heavy atom. The Morgan fingerprint density at radius 3 is 2.69 bits per heavy atom. The summed E-state index contributed by atoms with van der Waals surface area (Å²) in [6, 6.07) is 0. The van der Waals surface area contributed by atoms with Crippen LogP contribution in [-0.2, 0) is 11.8 Å². The Kier molecular flexibility index (Phi) is 1.59. The Bertz CT molecular complexity index is 352. The van der Waals surface area contributed by atoms with E-state index in [2.05, 4.69) is 5.10 Å². The van der Waals surface area contributed by atoms with E-state index in [9.17, 15) is 4.79 Å². The molecule has 1 heterocycles. The van der Waals surface area contributed by atoms with Gasteiger partial charge >= 0.3 is 0 Å². The van der Waals surface area contributed by atoms with Crippen molar-refractivity contribution < 1.29 is 4.79 Å². The van der Waals surface area contributed by atoms with Crippen LogP contribution in [0.25, 0.3) is 0 Å². The normalized spacial score (nSPS) is 25.8. The summed E-state index contributed by atoms with van der Waals surface area (Å²) in [5.74, 6) is 0.732. The number of hydrogen-bond donors (Lipinski definition) is 0. The fourth-order valence-corrected chi connectivity index (χ4v) is 1.92. The molecule has 3 nitrogen and oxygen atoms in total. The molecule has 1 aromatic heterocycles. The number of Topliss-reactive ketones (excluding diaryl/α,β-unsaturated/α-hetero) is 1. The van der Waals surface area contributed by atoms with Gasteiger partial charge in [-0.05, 0) is 5.56 Å². The van der Waals surface area contributed by atoms with Crippen LogP contribution >= 0.6 is 0 Å². The first kappa shape index (κ1) is 8.48. The van der Waals surface area contributed by atoms with Crippen LogP contribution in [0.1, 0.15) is 31.7 Å². The average molecular weight is 178 g/mol. The Balaban J connectivity index is 2.26. The third-order valence-electron chi connectivity index (χ3n) is 3.11. The van der Waals surface area contributed by atoms with Crippen molar-refractivity contribution in [3.8, 4) is 0 Å². The molecular weight excluding hydrogens is 164 g/mol. The fourth-order valence-electron chi connectivity index (χ4n) is 1.92. The molecule has 70 valence electrons. The molecule has 0 spiro atoms. The summed E-state index contributed by atoms with van der Waals surface area (Å²) in [7, 11) is 1.90. The molecule has 0 N–H and O–H groups in total. The molecule has 0 aliphatic heterocycles.